The van der Waals surface area contributed by atoms with Crippen LogP contribution in [0.15, 0.2) is 30.3 Å². The molecule has 138 valence electrons. The quantitative estimate of drug-likeness (QED) is 0.884. The van der Waals surface area contributed by atoms with Gasteiger partial charge in [-0.25, -0.2) is 0 Å². The minimum absolute atomic E-state index is 0.0367. The SMILES string of the molecule is COc1ccc2c(c1)CN(C(=O)[C@@H](N)Cc1c(C)cc(O)cc1C)CC2. The van der Waals surface area contributed by atoms with E-state index in [9.17, 15) is 9.90 Å². The van der Waals surface area contributed by atoms with Crippen LogP contribution in [0.5, 0.6) is 11.5 Å². The molecular formula is C21H26N2O3. The summed E-state index contributed by atoms with van der Waals surface area (Å²) >= 11 is 0. The van der Waals surface area contributed by atoms with Gasteiger partial charge in [0.2, 0.25) is 5.91 Å². The molecule has 5 heteroatoms. The van der Waals surface area contributed by atoms with E-state index in [1.807, 2.05) is 30.9 Å². The van der Waals surface area contributed by atoms with Crippen LogP contribution in [0, 0.1) is 13.8 Å². The third kappa shape index (κ3) is 3.68. The Kier molecular flexibility index (Phi) is 5.18. The molecule has 2 aromatic carbocycles. The van der Waals surface area contributed by atoms with Gasteiger partial charge in [0.05, 0.1) is 13.2 Å². The molecule has 3 N–H and O–H groups in total. The van der Waals surface area contributed by atoms with Gasteiger partial charge >= 0.3 is 0 Å². The Morgan fingerprint density at radius 2 is 1.92 bits per heavy atom. The Bertz CT molecular complexity index is 809. The molecule has 5 nitrogen and oxygen atoms in total. The average Bonchev–Trinajstić information content (AvgIpc) is 2.62. The summed E-state index contributed by atoms with van der Waals surface area (Å²) in [7, 11) is 1.64. The zero-order valence-corrected chi connectivity index (χ0v) is 15.6. The maximum absolute atomic E-state index is 12.9. The summed E-state index contributed by atoms with van der Waals surface area (Å²) in [5, 5.41) is 9.68. The average molecular weight is 354 g/mol. The van der Waals surface area contributed by atoms with E-state index in [-0.39, 0.29) is 11.7 Å². The van der Waals surface area contributed by atoms with E-state index in [1.54, 1.807) is 19.2 Å². The summed E-state index contributed by atoms with van der Waals surface area (Å²) in [5.41, 5.74) is 11.6. The first-order chi connectivity index (χ1) is 12.4. The highest BCUT2D eigenvalue weighted by Crippen LogP contribution is 2.25. The number of carbonyl (C=O) groups is 1. The van der Waals surface area contributed by atoms with Crippen molar-refractivity contribution >= 4 is 5.91 Å². The number of aromatic hydroxyl groups is 1. The van der Waals surface area contributed by atoms with E-state index in [0.717, 1.165) is 34.4 Å². The Morgan fingerprint density at radius 1 is 1.23 bits per heavy atom. The number of phenols is 1. The third-order valence-electron chi connectivity index (χ3n) is 5.16. The van der Waals surface area contributed by atoms with E-state index in [2.05, 4.69) is 6.07 Å². The Morgan fingerprint density at radius 3 is 2.58 bits per heavy atom. The number of hydrogen-bond donors (Lipinski definition) is 2. The largest absolute Gasteiger partial charge is 0.508 e. The fourth-order valence-electron chi connectivity index (χ4n) is 3.68. The minimum Gasteiger partial charge on any atom is -0.508 e. The van der Waals surface area contributed by atoms with E-state index in [4.69, 9.17) is 10.5 Å². The molecule has 1 aliphatic heterocycles. The number of ether oxygens (including phenoxy) is 1. The number of fused-ring (bicyclic) bond motifs is 1. The lowest BCUT2D eigenvalue weighted by Gasteiger charge is -2.31. The molecule has 1 atom stereocenters. The van der Waals surface area contributed by atoms with Crippen LogP contribution in [-0.2, 0) is 24.2 Å². The molecule has 3 rings (SSSR count). The molecular weight excluding hydrogens is 328 g/mol. The number of benzene rings is 2. The number of amides is 1. The molecule has 0 bridgehead atoms. The summed E-state index contributed by atoms with van der Waals surface area (Å²) in [6, 6.07) is 8.85. The number of phenolic OH excluding ortho intramolecular Hbond substituents is 1. The highest BCUT2D eigenvalue weighted by molar-refractivity contribution is 5.82. The van der Waals surface area contributed by atoms with Gasteiger partial charge < -0.3 is 20.5 Å². The van der Waals surface area contributed by atoms with Gasteiger partial charge in [-0.3, -0.25) is 4.79 Å². The predicted octanol–water partition coefficient (Wildman–Crippen LogP) is 2.47. The molecule has 0 saturated carbocycles. The summed E-state index contributed by atoms with van der Waals surface area (Å²) in [5.74, 6) is 1.01. The highest BCUT2D eigenvalue weighted by Gasteiger charge is 2.26. The number of aryl methyl sites for hydroxylation is 2. The van der Waals surface area contributed by atoms with Crippen LogP contribution in [0.1, 0.15) is 27.8 Å². The number of carbonyl (C=O) groups excluding carboxylic acids is 1. The van der Waals surface area contributed by atoms with Crippen molar-refractivity contribution in [2.45, 2.75) is 39.3 Å². The monoisotopic (exact) mass is 354 g/mol. The molecule has 1 amide bonds. The molecule has 0 spiro atoms. The summed E-state index contributed by atoms with van der Waals surface area (Å²) < 4.78 is 5.29. The van der Waals surface area contributed by atoms with E-state index in [0.29, 0.717) is 19.5 Å². The van der Waals surface area contributed by atoms with Gasteiger partial charge in [-0.15, -0.1) is 0 Å². The predicted molar refractivity (Wildman–Crippen MR) is 101 cm³/mol. The molecule has 0 saturated heterocycles. The van der Waals surface area contributed by atoms with Crippen LogP contribution in [0.25, 0.3) is 0 Å². The van der Waals surface area contributed by atoms with Crippen LogP contribution in [-0.4, -0.2) is 35.6 Å². The summed E-state index contributed by atoms with van der Waals surface area (Å²) in [6.45, 7) is 5.11. The van der Waals surface area contributed by atoms with Gasteiger partial charge in [0, 0.05) is 13.1 Å². The first-order valence-electron chi connectivity index (χ1n) is 8.88. The minimum atomic E-state index is -0.593. The van der Waals surface area contributed by atoms with Crippen LogP contribution in [0.4, 0.5) is 0 Å². The zero-order valence-electron chi connectivity index (χ0n) is 15.6. The van der Waals surface area contributed by atoms with Crippen molar-refractivity contribution in [1.29, 1.82) is 0 Å². The lowest BCUT2D eigenvalue weighted by molar-refractivity contribution is -0.133. The number of nitrogens with two attached hydrogens (primary N) is 1. The van der Waals surface area contributed by atoms with Crippen molar-refractivity contribution in [1.82, 2.24) is 4.90 Å². The van der Waals surface area contributed by atoms with Crippen molar-refractivity contribution in [3.8, 4) is 11.5 Å². The fourth-order valence-corrected chi connectivity index (χ4v) is 3.68. The Labute approximate surface area is 154 Å². The molecule has 0 aliphatic carbocycles. The Hall–Kier alpha value is -2.53. The van der Waals surface area contributed by atoms with Gasteiger partial charge in [0.1, 0.15) is 11.5 Å². The van der Waals surface area contributed by atoms with E-state index in [1.165, 1.54) is 5.56 Å². The maximum Gasteiger partial charge on any atom is 0.240 e. The second-order valence-corrected chi connectivity index (χ2v) is 7.01. The smallest absolute Gasteiger partial charge is 0.240 e. The lowest BCUT2D eigenvalue weighted by atomic mass is 9.94. The highest BCUT2D eigenvalue weighted by atomic mass is 16.5. The molecule has 0 radical (unpaired) electrons. The standard InChI is InChI=1S/C21H26N2O3/c1-13-8-17(24)9-14(2)19(13)11-20(22)21(25)23-7-6-15-4-5-18(26-3)10-16(15)12-23/h4-5,8-10,20,24H,6-7,11-12,22H2,1-3H3/t20-/m0/s1. The molecule has 0 fully saturated rings. The lowest BCUT2D eigenvalue weighted by Crippen LogP contribution is -2.47. The van der Waals surface area contributed by atoms with Crippen LogP contribution >= 0.6 is 0 Å². The second-order valence-electron chi connectivity index (χ2n) is 7.01. The van der Waals surface area contributed by atoms with Crippen molar-refractivity contribution < 1.29 is 14.6 Å². The molecule has 0 aromatic heterocycles. The number of nitrogens with zero attached hydrogens (tertiary/aromatic N) is 1. The van der Waals surface area contributed by atoms with Crippen molar-refractivity contribution in [3.05, 3.63) is 58.1 Å². The normalized spacial score (nSPS) is 14.7. The third-order valence-corrected chi connectivity index (χ3v) is 5.16. The molecule has 26 heavy (non-hydrogen) atoms. The van der Waals surface area contributed by atoms with Crippen LogP contribution < -0.4 is 10.5 Å². The maximum atomic E-state index is 12.9. The number of methoxy groups -OCH3 is 1. The van der Waals surface area contributed by atoms with Crippen molar-refractivity contribution in [2.24, 2.45) is 5.73 Å². The van der Waals surface area contributed by atoms with E-state index < -0.39 is 6.04 Å². The first kappa shape index (κ1) is 18.3. The number of rotatable bonds is 4. The Balaban J connectivity index is 1.73. The van der Waals surface area contributed by atoms with Gasteiger partial charge in [0.25, 0.3) is 0 Å². The summed E-state index contributed by atoms with van der Waals surface area (Å²) in [6.07, 6.45) is 1.30. The van der Waals surface area contributed by atoms with Gasteiger partial charge in [-0.1, -0.05) is 6.07 Å². The van der Waals surface area contributed by atoms with Gasteiger partial charge in [-0.2, -0.15) is 0 Å². The van der Waals surface area contributed by atoms with Gasteiger partial charge in [-0.05, 0) is 78.8 Å². The zero-order chi connectivity index (χ0) is 18.8. The van der Waals surface area contributed by atoms with Crippen molar-refractivity contribution in [3.63, 3.8) is 0 Å². The van der Waals surface area contributed by atoms with Crippen LogP contribution in [0.2, 0.25) is 0 Å². The second kappa shape index (κ2) is 7.38. The van der Waals surface area contributed by atoms with Gasteiger partial charge in [0.15, 0.2) is 0 Å². The molecule has 1 heterocycles. The molecule has 1 aliphatic rings. The fraction of sp³-hybridized carbons (Fsp3) is 0.381. The first-order valence-corrected chi connectivity index (χ1v) is 8.88. The topological polar surface area (TPSA) is 75.8 Å². The molecule has 0 unspecified atom stereocenters. The van der Waals surface area contributed by atoms with E-state index >= 15 is 0 Å². The van der Waals surface area contributed by atoms with Crippen molar-refractivity contribution in [2.75, 3.05) is 13.7 Å². The summed E-state index contributed by atoms with van der Waals surface area (Å²) in [4.78, 5) is 14.7. The molecule has 2 aromatic rings. The van der Waals surface area contributed by atoms with Crippen LogP contribution in [0.3, 0.4) is 0 Å². The number of hydrogen-bond acceptors (Lipinski definition) is 4.